The smallest absolute Gasteiger partial charge is 0.286 e. The van der Waals surface area contributed by atoms with Gasteiger partial charge < -0.3 is 10.3 Å². The van der Waals surface area contributed by atoms with Gasteiger partial charge in [-0.05, 0) is 19.3 Å². The standard InChI is InChI=1S/C11H17N3O3/c1-12-11(15)6-4-2-3-5-9-7-10(8-13-9)14(16)17/h7-8,13H,2-6H2,1H3,(H,12,15). The molecule has 0 bridgehead atoms. The fraction of sp³-hybridized carbons (Fsp3) is 0.545. The highest BCUT2D eigenvalue weighted by molar-refractivity contribution is 5.75. The summed E-state index contributed by atoms with van der Waals surface area (Å²) in [6, 6.07) is 1.55. The lowest BCUT2D eigenvalue weighted by Crippen LogP contribution is -2.16. The number of carbonyl (C=O) groups excluding carboxylic acids is 1. The first-order valence-electron chi connectivity index (χ1n) is 5.65. The van der Waals surface area contributed by atoms with E-state index in [0.717, 1.165) is 31.4 Å². The maximum Gasteiger partial charge on any atom is 0.286 e. The van der Waals surface area contributed by atoms with Crippen LogP contribution in [0.2, 0.25) is 0 Å². The van der Waals surface area contributed by atoms with Crippen LogP contribution >= 0.6 is 0 Å². The number of amides is 1. The van der Waals surface area contributed by atoms with Crippen molar-refractivity contribution in [3.05, 3.63) is 28.1 Å². The van der Waals surface area contributed by atoms with Gasteiger partial charge in [0.15, 0.2) is 0 Å². The molecule has 94 valence electrons. The maximum atomic E-state index is 10.9. The summed E-state index contributed by atoms with van der Waals surface area (Å²) in [5, 5.41) is 13.0. The average molecular weight is 239 g/mol. The van der Waals surface area contributed by atoms with E-state index in [0.29, 0.717) is 6.42 Å². The molecule has 0 aliphatic heterocycles. The van der Waals surface area contributed by atoms with Gasteiger partial charge in [0.25, 0.3) is 5.69 Å². The first-order chi connectivity index (χ1) is 8.13. The van der Waals surface area contributed by atoms with Gasteiger partial charge in [-0.15, -0.1) is 0 Å². The van der Waals surface area contributed by atoms with Gasteiger partial charge >= 0.3 is 0 Å². The second-order valence-electron chi connectivity index (χ2n) is 3.87. The van der Waals surface area contributed by atoms with E-state index < -0.39 is 4.92 Å². The van der Waals surface area contributed by atoms with Crippen molar-refractivity contribution < 1.29 is 9.72 Å². The van der Waals surface area contributed by atoms with Crippen LogP contribution in [-0.2, 0) is 11.2 Å². The molecule has 0 unspecified atom stereocenters. The van der Waals surface area contributed by atoms with Crippen LogP contribution in [-0.4, -0.2) is 22.9 Å². The lowest BCUT2D eigenvalue weighted by atomic mass is 10.1. The number of aromatic amines is 1. The lowest BCUT2D eigenvalue weighted by Gasteiger charge is -1.99. The largest absolute Gasteiger partial charge is 0.359 e. The van der Waals surface area contributed by atoms with Crippen molar-refractivity contribution in [2.75, 3.05) is 7.05 Å². The van der Waals surface area contributed by atoms with Gasteiger partial charge in [-0.25, -0.2) is 0 Å². The molecule has 1 amide bonds. The summed E-state index contributed by atoms with van der Waals surface area (Å²) in [5.74, 6) is 0.0560. The molecular weight excluding hydrogens is 222 g/mol. The van der Waals surface area contributed by atoms with E-state index in [1.165, 1.54) is 6.20 Å². The number of nitro groups is 1. The fourth-order valence-electron chi connectivity index (χ4n) is 1.58. The van der Waals surface area contributed by atoms with Gasteiger partial charge in [-0.3, -0.25) is 14.9 Å². The van der Waals surface area contributed by atoms with Crippen LogP contribution in [0.4, 0.5) is 5.69 Å². The van der Waals surface area contributed by atoms with Gasteiger partial charge in [0.05, 0.1) is 11.1 Å². The zero-order valence-corrected chi connectivity index (χ0v) is 9.86. The molecule has 6 nitrogen and oxygen atoms in total. The summed E-state index contributed by atoms with van der Waals surface area (Å²) in [4.78, 5) is 23.8. The van der Waals surface area contributed by atoms with Crippen LogP contribution in [0.1, 0.15) is 31.4 Å². The summed E-state index contributed by atoms with van der Waals surface area (Å²) in [7, 11) is 1.63. The number of nitrogens with zero attached hydrogens (tertiary/aromatic N) is 1. The van der Waals surface area contributed by atoms with E-state index in [2.05, 4.69) is 10.3 Å². The molecular formula is C11H17N3O3. The fourth-order valence-corrected chi connectivity index (χ4v) is 1.58. The van der Waals surface area contributed by atoms with Crippen LogP contribution < -0.4 is 5.32 Å². The minimum absolute atomic E-state index is 0.0560. The Morgan fingerprint density at radius 3 is 2.82 bits per heavy atom. The molecule has 0 aromatic carbocycles. The Hall–Kier alpha value is -1.85. The number of rotatable bonds is 7. The van der Waals surface area contributed by atoms with Crippen molar-refractivity contribution in [2.45, 2.75) is 32.1 Å². The quantitative estimate of drug-likeness (QED) is 0.432. The number of aromatic nitrogens is 1. The van der Waals surface area contributed by atoms with Crippen molar-refractivity contribution in [3.63, 3.8) is 0 Å². The number of hydrogen-bond donors (Lipinski definition) is 2. The normalized spacial score (nSPS) is 10.2. The number of nitrogens with one attached hydrogen (secondary N) is 2. The third kappa shape index (κ3) is 4.67. The Morgan fingerprint density at radius 1 is 1.47 bits per heavy atom. The third-order valence-electron chi connectivity index (χ3n) is 2.57. The monoisotopic (exact) mass is 239 g/mol. The van der Waals surface area contributed by atoms with E-state index >= 15 is 0 Å². The summed E-state index contributed by atoms with van der Waals surface area (Å²) in [6.45, 7) is 0. The van der Waals surface area contributed by atoms with Gasteiger partial charge in [0.2, 0.25) is 5.91 Å². The lowest BCUT2D eigenvalue weighted by molar-refractivity contribution is -0.384. The van der Waals surface area contributed by atoms with Gasteiger partial charge in [-0.1, -0.05) is 6.42 Å². The van der Waals surface area contributed by atoms with E-state index in [-0.39, 0.29) is 11.6 Å². The Balaban J connectivity index is 2.18. The predicted molar refractivity (Wildman–Crippen MR) is 63.7 cm³/mol. The van der Waals surface area contributed by atoms with Crippen LogP contribution in [0.5, 0.6) is 0 Å². The molecule has 1 aromatic heterocycles. The maximum absolute atomic E-state index is 10.9. The van der Waals surface area contributed by atoms with E-state index in [9.17, 15) is 14.9 Å². The Labute approximate surface area is 99.6 Å². The molecule has 0 aliphatic carbocycles. The van der Waals surface area contributed by atoms with E-state index in [1.54, 1.807) is 13.1 Å². The Kier molecular flexibility index (Phi) is 5.19. The van der Waals surface area contributed by atoms with Crippen LogP contribution in [0, 0.1) is 10.1 Å². The van der Waals surface area contributed by atoms with Crippen LogP contribution in [0.15, 0.2) is 12.3 Å². The van der Waals surface area contributed by atoms with Crippen LogP contribution in [0.25, 0.3) is 0 Å². The van der Waals surface area contributed by atoms with Crippen LogP contribution in [0.3, 0.4) is 0 Å². The second-order valence-corrected chi connectivity index (χ2v) is 3.87. The molecule has 0 aliphatic rings. The minimum Gasteiger partial charge on any atom is -0.359 e. The minimum atomic E-state index is -0.411. The molecule has 0 saturated heterocycles. The topological polar surface area (TPSA) is 88.0 Å². The highest BCUT2D eigenvalue weighted by Gasteiger charge is 2.08. The van der Waals surface area contributed by atoms with Gasteiger partial charge in [0.1, 0.15) is 0 Å². The molecule has 2 N–H and O–H groups in total. The predicted octanol–water partition coefficient (Wildman–Crippen LogP) is 1.77. The first kappa shape index (κ1) is 13.2. The highest BCUT2D eigenvalue weighted by Crippen LogP contribution is 2.14. The Morgan fingerprint density at radius 2 is 2.24 bits per heavy atom. The summed E-state index contributed by atoms with van der Waals surface area (Å²) >= 11 is 0. The zero-order valence-electron chi connectivity index (χ0n) is 9.86. The molecule has 1 aromatic rings. The number of unbranched alkanes of at least 4 members (excludes halogenated alkanes) is 2. The molecule has 0 radical (unpaired) electrons. The van der Waals surface area contributed by atoms with Crippen molar-refractivity contribution in [1.82, 2.24) is 10.3 Å². The molecule has 0 saturated carbocycles. The molecule has 0 atom stereocenters. The molecule has 6 heteroatoms. The molecule has 17 heavy (non-hydrogen) atoms. The number of carbonyl (C=O) groups is 1. The summed E-state index contributed by atoms with van der Waals surface area (Å²) in [6.07, 6.45) is 5.44. The van der Waals surface area contributed by atoms with E-state index in [4.69, 9.17) is 0 Å². The van der Waals surface area contributed by atoms with Crippen molar-refractivity contribution in [2.24, 2.45) is 0 Å². The van der Waals surface area contributed by atoms with E-state index in [1.807, 2.05) is 0 Å². The number of hydrogen-bond acceptors (Lipinski definition) is 3. The van der Waals surface area contributed by atoms with Gasteiger partial charge in [0, 0.05) is 25.2 Å². The first-order valence-corrected chi connectivity index (χ1v) is 5.65. The number of H-pyrrole nitrogens is 1. The Bertz CT molecular complexity index is 387. The zero-order chi connectivity index (χ0) is 12.7. The molecule has 1 rings (SSSR count). The van der Waals surface area contributed by atoms with Gasteiger partial charge in [-0.2, -0.15) is 0 Å². The molecule has 0 fully saturated rings. The van der Waals surface area contributed by atoms with Crippen molar-refractivity contribution in [1.29, 1.82) is 0 Å². The number of aryl methyl sites for hydroxylation is 1. The second kappa shape index (κ2) is 6.67. The molecule has 1 heterocycles. The SMILES string of the molecule is CNC(=O)CCCCCc1cc([N+](=O)[O-])c[nH]1. The molecule has 0 spiro atoms. The summed E-state index contributed by atoms with van der Waals surface area (Å²) in [5.41, 5.74) is 0.974. The third-order valence-corrected chi connectivity index (χ3v) is 2.57. The van der Waals surface area contributed by atoms with Crippen molar-refractivity contribution >= 4 is 11.6 Å². The van der Waals surface area contributed by atoms with Crippen molar-refractivity contribution in [3.8, 4) is 0 Å². The highest BCUT2D eigenvalue weighted by atomic mass is 16.6. The average Bonchev–Trinajstić information content (AvgIpc) is 2.77. The summed E-state index contributed by atoms with van der Waals surface area (Å²) < 4.78 is 0.